The Morgan fingerprint density at radius 2 is 1.62 bits per heavy atom. The zero-order valence-electron chi connectivity index (χ0n) is 11.9. The number of benzene rings is 2. The van der Waals surface area contributed by atoms with E-state index in [2.05, 4.69) is 35.6 Å². The van der Waals surface area contributed by atoms with Crippen LogP contribution in [-0.4, -0.2) is 12.6 Å². The molecular formula is C18H19Cl2N. The molecule has 110 valence electrons. The topological polar surface area (TPSA) is 12.0 Å². The Morgan fingerprint density at radius 1 is 0.952 bits per heavy atom. The summed E-state index contributed by atoms with van der Waals surface area (Å²) in [6, 6.07) is 17.0. The molecule has 0 heterocycles. The summed E-state index contributed by atoms with van der Waals surface area (Å²) >= 11 is 12.7. The van der Waals surface area contributed by atoms with Gasteiger partial charge in [-0.1, -0.05) is 59.6 Å². The van der Waals surface area contributed by atoms with Crippen molar-refractivity contribution in [2.75, 3.05) is 6.54 Å². The van der Waals surface area contributed by atoms with Gasteiger partial charge in [-0.15, -0.1) is 0 Å². The van der Waals surface area contributed by atoms with Crippen molar-refractivity contribution in [3.8, 4) is 0 Å². The van der Waals surface area contributed by atoms with Gasteiger partial charge in [0.2, 0.25) is 0 Å². The molecule has 0 spiro atoms. The van der Waals surface area contributed by atoms with E-state index in [9.17, 15) is 0 Å². The molecule has 1 nitrogen and oxygen atoms in total. The van der Waals surface area contributed by atoms with E-state index < -0.39 is 0 Å². The third kappa shape index (κ3) is 4.00. The lowest BCUT2D eigenvalue weighted by Gasteiger charge is -2.19. The van der Waals surface area contributed by atoms with Gasteiger partial charge in [-0.25, -0.2) is 0 Å². The Balaban J connectivity index is 1.81. The molecule has 0 aromatic heterocycles. The highest BCUT2D eigenvalue weighted by molar-refractivity contribution is 6.36. The molecule has 1 atom stereocenters. The second kappa shape index (κ2) is 6.83. The van der Waals surface area contributed by atoms with Crippen LogP contribution in [0.1, 0.15) is 29.9 Å². The first-order valence-corrected chi connectivity index (χ1v) is 8.21. The first-order chi connectivity index (χ1) is 10.2. The lowest BCUT2D eigenvalue weighted by Crippen LogP contribution is -2.25. The molecule has 0 aliphatic heterocycles. The summed E-state index contributed by atoms with van der Waals surface area (Å²) in [4.78, 5) is 0. The minimum atomic E-state index is 0.393. The highest BCUT2D eigenvalue weighted by atomic mass is 35.5. The molecule has 1 aliphatic rings. The van der Waals surface area contributed by atoms with Crippen LogP contribution < -0.4 is 5.32 Å². The largest absolute Gasteiger partial charge is 0.313 e. The summed E-state index contributed by atoms with van der Waals surface area (Å²) in [5.41, 5.74) is 2.38. The lowest BCUT2D eigenvalue weighted by atomic mass is 9.91. The predicted molar refractivity (Wildman–Crippen MR) is 90.4 cm³/mol. The molecule has 1 fully saturated rings. The van der Waals surface area contributed by atoms with Crippen molar-refractivity contribution in [2.24, 2.45) is 0 Å². The van der Waals surface area contributed by atoms with Crippen LogP contribution in [0.25, 0.3) is 0 Å². The van der Waals surface area contributed by atoms with Gasteiger partial charge in [-0.3, -0.25) is 0 Å². The van der Waals surface area contributed by atoms with Gasteiger partial charge in [-0.2, -0.15) is 0 Å². The highest BCUT2D eigenvalue weighted by Gasteiger charge is 2.23. The summed E-state index contributed by atoms with van der Waals surface area (Å²) in [5, 5.41) is 5.15. The fourth-order valence-corrected chi connectivity index (χ4v) is 3.15. The van der Waals surface area contributed by atoms with Crippen LogP contribution in [0, 0.1) is 0 Å². The SMILES string of the molecule is Clc1cccc(Cl)c1CC(CNC1CC1)c1ccccc1. The Labute approximate surface area is 136 Å². The molecular weight excluding hydrogens is 301 g/mol. The summed E-state index contributed by atoms with van der Waals surface area (Å²) in [7, 11) is 0. The van der Waals surface area contributed by atoms with Gasteiger partial charge in [-0.05, 0) is 42.5 Å². The molecule has 2 aromatic carbocycles. The summed E-state index contributed by atoms with van der Waals surface area (Å²) in [5.74, 6) is 0.393. The van der Waals surface area contributed by atoms with E-state index in [-0.39, 0.29) is 0 Å². The van der Waals surface area contributed by atoms with Gasteiger partial charge in [0.25, 0.3) is 0 Å². The Hall–Kier alpha value is -1.02. The molecule has 1 unspecified atom stereocenters. The van der Waals surface area contributed by atoms with E-state index >= 15 is 0 Å². The number of hydrogen-bond acceptors (Lipinski definition) is 1. The highest BCUT2D eigenvalue weighted by Crippen LogP contribution is 2.31. The minimum absolute atomic E-state index is 0.393. The van der Waals surface area contributed by atoms with E-state index in [1.54, 1.807) is 0 Å². The van der Waals surface area contributed by atoms with Crippen LogP contribution in [0.4, 0.5) is 0 Å². The first kappa shape index (κ1) is 14.9. The number of halogens is 2. The second-order valence-corrected chi connectivity index (χ2v) is 6.51. The molecule has 0 radical (unpaired) electrons. The van der Waals surface area contributed by atoms with Crippen LogP contribution in [0.5, 0.6) is 0 Å². The standard InChI is InChI=1S/C18H19Cl2N/c19-17-7-4-8-18(20)16(17)11-14(12-21-15-9-10-15)13-5-2-1-3-6-13/h1-8,14-15,21H,9-12H2. The third-order valence-corrected chi connectivity index (χ3v) is 4.72. The maximum Gasteiger partial charge on any atom is 0.0453 e. The van der Waals surface area contributed by atoms with E-state index in [1.165, 1.54) is 18.4 Å². The summed E-state index contributed by atoms with van der Waals surface area (Å²) < 4.78 is 0. The molecule has 1 N–H and O–H groups in total. The molecule has 3 rings (SSSR count). The van der Waals surface area contributed by atoms with Gasteiger partial charge in [0.05, 0.1) is 0 Å². The van der Waals surface area contributed by atoms with Crippen molar-refractivity contribution in [1.82, 2.24) is 5.32 Å². The van der Waals surface area contributed by atoms with Gasteiger partial charge in [0, 0.05) is 28.5 Å². The second-order valence-electron chi connectivity index (χ2n) is 5.69. The van der Waals surface area contributed by atoms with Crippen molar-refractivity contribution in [1.29, 1.82) is 0 Å². The van der Waals surface area contributed by atoms with Crippen molar-refractivity contribution in [3.05, 3.63) is 69.7 Å². The van der Waals surface area contributed by atoms with E-state index in [4.69, 9.17) is 23.2 Å². The Bertz CT molecular complexity index is 573. The maximum absolute atomic E-state index is 6.33. The van der Waals surface area contributed by atoms with Crippen molar-refractivity contribution in [3.63, 3.8) is 0 Å². The Morgan fingerprint density at radius 3 is 2.24 bits per heavy atom. The molecule has 0 saturated heterocycles. The van der Waals surface area contributed by atoms with Crippen LogP contribution in [-0.2, 0) is 6.42 Å². The van der Waals surface area contributed by atoms with Crippen molar-refractivity contribution < 1.29 is 0 Å². The predicted octanol–water partition coefficient (Wildman–Crippen LogP) is 5.07. The van der Waals surface area contributed by atoms with E-state index in [0.29, 0.717) is 12.0 Å². The van der Waals surface area contributed by atoms with Gasteiger partial charge >= 0.3 is 0 Å². The molecule has 1 saturated carbocycles. The normalized spacial score (nSPS) is 15.9. The fraction of sp³-hybridized carbons (Fsp3) is 0.333. The van der Waals surface area contributed by atoms with Crippen molar-refractivity contribution >= 4 is 23.2 Å². The third-order valence-electron chi connectivity index (χ3n) is 4.01. The molecule has 2 aromatic rings. The fourth-order valence-electron chi connectivity index (χ4n) is 2.60. The number of hydrogen-bond donors (Lipinski definition) is 1. The zero-order chi connectivity index (χ0) is 14.7. The number of rotatable bonds is 6. The van der Waals surface area contributed by atoms with Crippen molar-refractivity contribution in [2.45, 2.75) is 31.2 Å². The maximum atomic E-state index is 6.33. The first-order valence-electron chi connectivity index (χ1n) is 7.45. The van der Waals surface area contributed by atoms with Crippen LogP contribution in [0.15, 0.2) is 48.5 Å². The summed E-state index contributed by atoms with van der Waals surface area (Å²) in [6.45, 7) is 0.968. The van der Waals surface area contributed by atoms with Crippen LogP contribution in [0.3, 0.4) is 0 Å². The molecule has 21 heavy (non-hydrogen) atoms. The van der Waals surface area contributed by atoms with Gasteiger partial charge < -0.3 is 5.32 Å². The monoisotopic (exact) mass is 319 g/mol. The molecule has 3 heteroatoms. The van der Waals surface area contributed by atoms with Crippen LogP contribution in [0.2, 0.25) is 10.0 Å². The van der Waals surface area contributed by atoms with E-state index in [0.717, 1.165) is 28.6 Å². The smallest absolute Gasteiger partial charge is 0.0453 e. The number of nitrogens with one attached hydrogen (secondary N) is 1. The molecule has 1 aliphatic carbocycles. The Kier molecular flexibility index (Phi) is 4.84. The van der Waals surface area contributed by atoms with E-state index in [1.807, 2.05) is 18.2 Å². The lowest BCUT2D eigenvalue weighted by molar-refractivity contribution is 0.577. The van der Waals surface area contributed by atoms with Gasteiger partial charge in [0.15, 0.2) is 0 Å². The quantitative estimate of drug-likeness (QED) is 0.783. The zero-order valence-corrected chi connectivity index (χ0v) is 13.4. The molecule has 0 amide bonds. The van der Waals surface area contributed by atoms with Crippen LogP contribution >= 0.6 is 23.2 Å². The average Bonchev–Trinajstić information content (AvgIpc) is 3.31. The van der Waals surface area contributed by atoms with Gasteiger partial charge in [0.1, 0.15) is 0 Å². The minimum Gasteiger partial charge on any atom is -0.313 e. The average molecular weight is 320 g/mol. The molecule has 0 bridgehead atoms. The summed E-state index contributed by atoms with van der Waals surface area (Å²) in [6.07, 6.45) is 3.46.